The van der Waals surface area contributed by atoms with Crippen LogP contribution in [-0.2, 0) is 17.6 Å². The summed E-state index contributed by atoms with van der Waals surface area (Å²) in [7, 11) is 0. The largest absolute Gasteiger partial charge is 0.299 e. The van der Waals surface area contributed by atoms with Crippen LogP contribution in [0, 0.1) is 0 Å². The van der Waals surface area contributed by atoms with E-state index in [2.05, 4.69) is 4.98 Å². The lowest BCUT2D eigenvalue weighted by atomic mass is 10.0. The lowest BCUT2D eigenvalue weighted by Crippen LogP contribution is -2.04. The third kappa shape index (κ3) is 3.67. The van der Waals surface area contributed by atoms with Crippen molar-refractivity contribution in [3.8, 4) is 0 Å². The number of nitrogens with zero attached hydrogens (tertiary/aromatic N) is 1. The lowest BCUT2D eigenvalue weighted by Gasteiger charge is -2.03. The highest BCUT2D eigenvalue weighted by Crippen LogP contribution is 2.16. The van der Waals surface area contributed by atoms with E-state index >= 15 is 0 Å². The maximum absolute atomic E-state index is 11.9. The molecule has 1 aromatic carbocycles. The van der Waals surface area contributed by atoms with Gasteiger partial charge < -0.3 is 0 Å². The number of halogens is 1. The first kappa shape index (κ1) is 12.8. The third-order valence-corrected chi connectivity index (χ3v) is 3.16. The highest BCUT2D eigenvalue weighted by molar-refractivity contribution is 6.31. The van der Waals surface area contributed by atoms with Crippen LogP contribution in [0.1, 0.15) is 17.5 Å². The first-order chi connectivity index (χ1) is 8.75. The minimum Gasteiger partial charge on any atom is -0.299 e. The first-order valence-electron chi connectivity index (χ1n) is 5.90. The molecule has 0 bridgehead atoms. The zero-order valence-electron chi connectivity index (χ0n) is 9.97. The summed E-state index contributed by atoms with van der Waals surface area (Å²) in [6.45, 7) is 0. The second-order valence-corrected chi connectivity index (χ2v) is 4.57. The Morgan fingerprint density at radius 1 is 1.11 bits per heavy atom. The Morgan fingerprint density at radius 2 is 1.83 bits per heavy atom. The Balaban J connectivity index is 1.88. The van der Waals surface area contributed by atoms with Crippen LogP contribution in [0.25, 0.3) is 0 Å². The molecule has 92 valence electrons. The zero-order chi connectivity index (χ0) is 12.8. The number of Topliss-reactive ketones (excluding diaryl/α,β-unsaturated/α-hetero) is 1. The molecule has 0 atom stereocenters. The number of aryl methyl sites for hydroxylation is 1. The van der Waals surface area contributed by atoms with E-state index in [0.717, 1.165) is 17.5 Å². The smallest absolute Gasteiger partial charge is 0.137 e. The van der Waals surface area contributed by atoms with Gasteiger partial charge in [-0.3, -0.25) is 9.78 Å². The lowest BCUT2D eigenvalue weighted by molar-refractivity contribution is -0.118. The van der Waals surface area contributed by atoms with Gasteiger partial charge in [-0.25, -0.2) is 0 Å². The molecule has 0 unspecified atom stereocenters. The van der Waals surface area contributed by atoms with E-state index in [4.69, 9.17) is 11.6 Å². The molecule has 0 saturated carbocycles. The predicted molar refractivity (Wildman–Crippen MR) is 72.7 cm³/mol. The molecule has 1 heterocycles. The number of benzene rings is 1. The van der Waals surface area contributed by atoms with Gasteiger partial charge in [0.1, 0.15) is 5.78 Å². The molecule has 0 amide bonds. The summed E-state index contributed by atoms with van der Waals surface area (Å²) in [6, 6.07) is 11.3. The van der Waals surface area contributed by atoms with Crippen LogP contribution in [0.3, 0.4) is 0 Å². The van der Waals surface area contributed by atoms with Gasteiger partial charge >= 0.3 is 0 Å². The molecule has 0 spiro atoms. The second-order valence-electron chi connectivity index (χ2n) is 4.16. The Kier molecular flexibility index (Phi) is 4.48. The summed E-state index contributed by atoms with van der Waals surface area (Å²) in [5.74, 6) is 0.208. The van der Waals surface area contributed by atoms with Crippen LogP contribution in [0.4, 0.5) is 0 Å². The van der Waals surface area contributed by atoms with Crippen molar-refractivity contribution in [2.45, 2.75) is 19.3 Å². The number of carbonyl (C=O) groups excluding carboxylic acids is 1. The topological polar surface area (TPSA) is 30.0 Å². The number of hydrogen-bond acceptors (Lipinski definition) is 2. The minimum atomic E-state index is 0.208. The summed E-state index contributed by atoms with van der Waals surface area (Å²) in [5, 5.41) is 0.662. The van der Waals surface area contributed by atoms with Crippen molar-refractivity contribution in [2.24, 2.45) is 0 Å². The van der Waals surface area contributed by atoms with Crippen LogP contribution in [0.2, 0.25) is 5.02 Å². The normalized spacial score (nSPS) is 10.3. The molecule has 1 aromatic heterocycles. The molecule has 0 aliphatic carbocycles. The SMILES string of the molecule is O=C(CCc1ccncc1)Cc1ccccc1Cl. The van der Waals surface area contributed by atoms with Gasteiger partial charge in [0.2, 0.25) is 0 Å². The fourth-order valence-electron chi connectivity index (χ4n) is 1.78. The van der Waals surface area contributed by atoms with Gasteiger partial charge in [-0.15, -0.1) is 0 Å². The van der Waals surface area contributed by atoms with Crippen molar-refractivity contribution >= 4 is 17.4 Å². The van der Waals surface area contributed by atoms with Gasteiger partial charge in [-0.2, -0.15) is 0 Å². The summed E-state index contributed by atoms with van der Waals surface area (Å²) in [6.07, 6.45) is 5.19. The quantitative estimate of drug-likeness (QED) is 0.823. The Bertz CT molecular complexity index is 525. The molecule has 0 aliphatic heterocycles. The molecule has 0 radical (unpaired) electrons. The summed E-state index contributed by atoms with van der Waals surface area (Å²) >= 11 is 6.02. The van der Waals surface area contributed by atoms with Gasteiger partial charge in [0.15, 0.2) is 0 Å². The molecule has 2 aromatic rings. The van der Waals surface area contributed by atoms with Gasteiger partial charge in [0.25, 0.3) is 0 Å². The van der Waals surface area contributed by atoms with Crippen LogP contribution in [0.15, 0.2) is 48.8 Å². The summed E-state index contributed by atoms with van der Waals surface area (Å²) in [5.41, 5.74) is 2.04. The fraction of sp³-hybridized carbons (Fsp3) is 0.200. The van der Waals surface area contributed by atoms with Crippen LogP contribution in [0.5, 0.6) is 0 Å². The molecule has 18 heavy (non-hydrogen) atoms. The van der Waals surface area contributed by atoms with E-state index in [-0.39, 0.29) is 5.78 Å². The molecule has 0 fully saturated rings. The van der Waals surface area contributed by atoms with E-state index in [1.807, 2.05) is 36.4 Å². The minimum absolute atomic E-state index is 0.208. The molecule has 0 N–H and O–H groups in total. The van der Waals surface area contributed by atoms with Crippen molar-refractivity contribution < 1.29 is 4.79 Å². The van der Waals surface area contributed by atoms with Gasteiger partial charge in [0.05, 0.1) is 0 Å². The number of ketones is 1. The van der Waals surface area contributed by atoms with Crippen molar-refractivity contribution in [1.29, 1.82) is 0 Å². The van der Waals surface area contributed by atoms with E-state index in [9.17, 15) is 4.79 Å². The van der Waals surface area contributed by atoms with Crippen molar-refractivity contribution in [3.63, 3.8) is 0 Å². The first-order valence-corrected chi connectivity index (χ1v) is 6.27. The molecule has 3 heteroatoms. The third-order valence-electron chi connectivity index (χ3n) is 2.79. The highest BCUT2D eigenvalue weighted by Gasteiger charge is 2.06. The molecule has 0 saturated heterocycles. The van der Waals surface area contributed by atoms with E-state index in [1.165, 1.54) is 0 Å². The monoisotopic (exact) mass is 259 g/mol. The number of pyridine rings is 1. The molecular formula is C15H14ClNO. The highest BCUT2D eigenvalue weighted by atomic mass is 35.5. The van der Waals surface area contributed by atoms with Gasteiger partial charge in [-0.1, -0.05) is 29.8 Å². The molecular weight excluding hydrogens is 246 g/mol. The maximum atomic E-state index is 11.9. The Labute approximate surface area is 112 Å². The average molecular weight is 260 g/mol. The zero-order valence-corrected chi connectivity index (χ0v) is 10.7. The summed E-state index contributed by atoms with van der Waals surface area (Å²) < 4.78 is 0. The number of carbonyl (C=O) groups is 1. The van der Waals surface area contributed by atoms with Crippen molar-refractivity contribution in [1.82, 2.24) is 4.98 Å². The van der Waals surface area contributed by atoms with Crippen LogP contribution < -0.4 is 0 Å². The average Bonchev–Trinajstić information content (AvgIpc) is 2.40. The van der Waals surface area contributed by atoms with Gasteiger partial charge in [0, 0.05) is 30.3 Å². The van der Waals surface area contributed by atoms with Crippen molar-refractivity contribution in [2.75, 3.05) is 0 Å². The van der Waals surface area contributed by atoms with Crippen LogP contribution >= 0.6 is 11.6 Å². The molecule has 2 rings (SSSR count). The predicted octanol–water partition coefficient (Wildman–Crippen LogP) is 3.48. The standard InChI is InChI=1S/C15H14ClNO/c16-15-4-2-1-3-13(15)11-14(18)6-5-12-7-9-17-10-8-12/h1-4,7-10H,5-6,11H2. The Morgan fingerprint density at radius 3 is 2.56 bits per heavy atom. The summed E-state index contributed by atoms with van der Waals surface area (Å²) in [4.78, 5) is 15.8. The number of aromatic nitrogens is 1. The molecule has 0 aliphatic rings. The number of hydrogen-bond donors (Lipinski definition) is 0. The maximum Gasteiger partial charge on any atom is 0.137 e. The Hall–Kier alpha value is -1.67. The van der Waals surface area contributed by atoms with Crippen LogP contribution in [-0.4, -0.2) is 10.8 Å². The van der Waals surface area contributed by atoms with E-state index in [0.29, 0.717) is 17.9 Å². The fourth-order valence-corrected chi connectivity index (χ4v) is 1.98. The number of rotatable bonds is 5. The second kappa shape index (κ2) is 6.31. The van der Waals surface area contributed by atoms with E-state index in [1.54, 1.807) is 12.4 Å². The molecule has 2 nitrogen and oxygen atoms in total. The van der Waals surface area contributed by atoms with Crippen molar-refractivity contribution in [3.05, 3.63) is 64.9 Å². The van der Waals surface area contributed by atoms with Gasteiger partial charge in [-0.05, 0) is 35.7 Å². The van der Waals surface area contributed by atoms with E-state index < -0.39 is 0 Å².